The van der Waals surface area contributed by atoms with Crippen molar-refractivity contribution in [3.8, 4) is 0 Å². The van der Waals surface area contributed by atoms with Gasteiger partial charge in [0.25, 0.3) is 0 Å². The molecule has 1 unspecified atom stereocenters. The third-order valence-corrected chi connectivity index (χ3v) is 5.70. The largest absolute Gasteiger partial charge is 0.382 e. The minimum absolute atomic E-state index is 0.142. The number of rotatable bonds is 6. The van der Waals surface area contributed by atoms with Crippen LogP contribution in [0.1, 0.15) is 39.5 Å². The molecule has 1 aliphatic carbocycles. The van der Waals surface area contributed by atoms with Crippen LogP contribution in [-0.4, -0.2) is 20.2 Å². The molecule has 1 saturated carbocycles. The Morgan fingerprint density at radius 1 is 1.32 bits per heavy atom. The van der Waals surface area contributed by atoms with E-state index in [9.17, 15) is 8.42 Å². The molecule has 2 rings (SSSR count). The molecule has 0 spiro atoms. The summed E-state index contributed by atoms with van der Waals surface area (Å²) in [6.45, 7) is 3.82. The van der Waals surface area contributed by atoms with Gasteiger partial charge in [-0.05, 0) is 31.4 Å². The van der Waals surface area contributed by atoms with Gasteiger partial charge in [-0.25, -0.2) is 8.42 Å². The van der Waals surface area contributed by atoms with Crippen molar-refractivity contribution in [2.45, 2.75) is 50.5 Å². The molecule has 0 heterocycles. The first-order valence-electron chi connectivity index (χ1n) is 7.11. The summed E-state index contributed by atoms with van der Waals surface area (Å²) in [5.74, 6) is 0.959. The SMILES string of the molecule is CCS(=O)(=O)c1ccccc1NC(C)CC1CCC1. The Hall–Kier alpha value is -1.03. The third kappa shape index (κ3) is 3.50. The highest BCUT2D eigenvalue weighted by Gasteiger charge is 2.21. The summed E-state index contributed by atoms with van der Waals surface area (Å²) in [5, 5.41) is 3.37. The maximum absolute atomic E-state index is 12.1. The molecule has 0 saturated heterocycles. The van der Waals surface area contributed by atoms with Crippen molar-refractivity contribution >= 4 is 15.5 Å². The molecule has 1 aliphatic rings. The van der Waals surface area contributed by atoms with E-state index in [1.807, 2.05) is 12.1 Å². The van der Waals surface area contributed by atoms with Crippen molar-refractivity contribution in [2.75, 3.05) is 11.1 Å². The second kappa shape index (κ2) is 5.95. The van der Waals surface area contributed by atoms with Crippen LogP contribution in [0, 0.1) is 5.92 Å². The molecule has 1 aromatic rings. The van der Waals surface area contributed by atoms with Crippen molar-refractivity contribution in [3.63, 3.8) is 0 Å². The van der Waals surface area contributed by atoms with Crippen molar-refractivity contribution in [3.05, 3.63) is 24.3 Å². The monoisotopic (exact) mass is 281 g/mol. The highest BCUT2D eigenvalue weighted by atomic mass is 32.2. The maximum Gasteiger partial charge on any atom is 0.180 e. The van der Waals surface area contributed by atoms with E-state index in [0.29, 0.717) is 10.9 Å². The average molecular weight is 281 g/mol. The number of sulfone groups is 1. The second-order valence-corrected chi connectivity index (χ2v) is 7.72. The molecule has 1 N–H and O–H groups in total. The fourth-order valence-corrected chi connectivity index (χ4v) is 3.62. The first-order valence-corrected chi connectivity index (χ1v) is 8.76. The van der Waals surface area contributed by atoms with Gasteiger partial charge in [0, 0.05) is 6.04 Å². The Kier molecular flexibility index (Phi) is 4.50. The van der Waals surface area contributed by atoms with E-state index >= 15 is 0 Å². The van der Waals surface area contributed by atoms with Crippen LogP contribution in [-0.2, 0) is 9.84 Å². The van der Waals surface area contributed by atoms with E-state index in [-0.39, 0.29) is 5.75 Å². The van der Waals surface area contributed by atoms with E-state index in [1.165, 1.54) is 19.3 Å². The zero-order valence-corrected chi connectivity index (χ0v) is 12.5. The average Bonchev–Trinajstić information content (AvgIpc) is 2.34. The summed E-state index contributed by atoms with van der Waals surface area (Å²) in [5.41, 5.74) is 0.746. The maximum atomic E-state index is 12.1. The van der Waals surface area contributed by atoms with Gasteiger partial charge in [0.1, 0.15) is 0 Å². The molecule has 0 bridgehead atoms. The van der Waals surface area contributed by atoms with E-state index in [4.69, 9.17) is 0 Å². The first-order chi connectivity index (χ1) is 9.03. The highest BCUT2D eigenvalue weighted by molar-refractivity contribution is 7.91. The standard InChI is InChI=1S/C15H23NO2S/c1-3-19(17,18)15-10-5-4-9-14(15)16-12(2)11-13-7-6-8-13/h4-5,9-10,12-13,16H,3,6-8,11H2,1-2H3. The van der Waals surface area contributed by atoms with Gasteiger partial charge in [-0.15, -0.1) is 0 Å². The van der Waals surface area contributed by atoms with E-state index in [0.717, 1.165) is 18.0 Å². The molecular formula is C15H23NO2S. The molecule has 106 valence electrons. The summed E-state index contributed by atoms with van der Waals surface area (Å²) in [7, 11) is -3.16. The summed E-state index contributed by atoms with van der Waals surface area (Å²) in [6.07, 6.45) is 5.11. The van der Waals surface area contributed by atoms with Crippen molar-refractivity contribution in [1.82, 2.24) is 0 Å². The van der Waals surface area contributed by atoms with Crippen LogP contribution in [0.25, 0.3) is 0 Å². The molecule has 19 heavy (non-hydrogen) atoms. The van der Waals surface area contributed by atoms with Crippen LogP contribution in [0.15, 0.2) is 29.2 Å². The Bertz CT molecular complexity index is 521. The molecule has 4 heteroatoms. The van der Waals surface area contributed by atoms with Gasteiger partial charge in [-0.1, -0.05) is 38.3 Å². The van der Waals surface area contributed by atoms with Crippen molar-refractivity contribution < 1.29 is 8.42 Å². The number of anilines is 1. The van der Waals surface area contributed by atoms with Crippen LogP contribution < -0.4 is 5.32 Å². The van der Waals surface area contributed by atoms with E-state index < -0.39 is 9.84 Å². The lowest BCUT2D eigenvalue weighted by Gasteiger charge is -2.29. The van der Waals surface area contributed by atoms with Crippen LogP contribution >= 0.6 is 0 Å². The van der Waals surface area contributed by atoms with Gasteiger partial charge in [0.2, 0.25) is 0 Å². The Morgan fingerprint density at radius 2 is 2.00 bits per heavy atom. The second-order valence-electron chi connectivity index (χ2n) is 5.48. The fraction of sp³-hybridized carbons (Fsp3) is 0.600. The molecule has 0 aromatic heterocycles. The van der Waals surface area contributed by atoms with Gasteiger partial charge in [-0.3, -0.25) is 0 Å². The van der Waals surface area contributed by atoms with Gasteiger partial charge < -0.3 is 5.32 Å². The van der Waals surface area contributed by atoms with Gasteiger partial charge >= 0.3 is 0 Å². The smallest absolute Gasteiger partial charge is 0.180 e. The van der Waals surface area contributed by atoms with Crippen LogP contribution in [0.2, 0.25) is 0 Å². The van der Waals surface area contributed by atoms with Crippen LogP contribution in [0.5, 0.6) is 0 Å². The quantitative estimate of drug-likeness (QED) is 0.868. The predicted molar refractivity (Wildman–Crippen MR) is 79.2 cm³/mol. The number of hydrogen-bond acceptors (Lipinski definition) is 3. The van der Waals surface area contributed by atoms with E-state index in [2.05, 4.69) is 12.2 Å². The molecule has 0 radical (unpaired) electrons. The molecule has 1 atom stereocenters. The minimum atomic E-state index is -3.16. The first kappa shape index (κ1) is 14.4. The van der Waals surface area contributed by atoms with Gasteiger partial charge in [-0.2, -0.15) is 0 Å². The lowest BCUT2D eigenvalue weighted by Crippen LogP contribution is -2.24. The minimum Gasteiger partial charge on any atom is -0.382 e. The van der Waals surface area contributed by atoms with E-state index in [1.54, 1.807) is 19.1 Å². The van der Waals surface area contributed by atoms with Crippen LogP contribution in [0.3, 0.4) is 0 Å². The summed E-state index contributed by atoms with van der Waals surface area (Å²) in [4.78, 5) is 0.429. The Labute approximate surface area is 116 Å². The highest BCUT2D eigenvalue weighted by Crippen LogP contribution is 2.31. The number of hydrogen-bond donors (Lipinski definition) is 1. The van der Waals surface area contributed by atoms with Crippen molar-refractivity contribution in [2.24, 2.45) is 5.92 Å². The predicted octanol–water partition coefficient (Wildman–Crippen LogP) is 3.47. The summed E-state index contributed by atoms with van der Waals surface area (Å²) < 4.78 is 24.1. The molecule has 1 aromatic carbocycles. The zero-order valence-electron chi connectivity index (χ0n) is 11.7. The molecule has 1 fully saturated rings. The van der Waals surface area contributed by atoms with Gasteiger partial charge in [0.15, 0.2) is 9.84 Å². The molecule has 0 aliphatic heterocycles. The number of benzene rings is 1. The third-order valence-electron chi connectivity index (χ3n) is 3.92. The molecule has 3 nitrogen and oxygen atoms in total. The fourth-order valence-electron chi connectivity index (χ4n) is 2.57. The van der Waals surface area contributed by atoms with Gasteiger partial charge in [0.05, 0.1) is 16.3 Å². The summed E-state index contributed by atoms with van der Waals surface area (Å²) in [6, 6.07) is 7.53. The molecular weight excluding hydrogens is 258 g/mol. The molecule has 0 amide bonds. The lowest BCUT2D eigenvalue weighted by atomic mass is 9.81. The topological polar surface area (TPSA) is 46.2 Å². The van der Waals surface area contributed by atoms with Crippen molar-refractivity contribution in [1.29, 1.82) is 0 Å². The number of nitrogens with one attached hydrogen (secondary N) is 1. The van der Waals surface area contributed by atoms with Crippen LogP contribution in [0.4, 0.5) is 5.69 Å². The normalized spacial score (nSPS) is 17.8. The summed E-state index contributed by atoms with van der Waals surface area (Å²) >= 11 is 0. The lowest BCUT2D eigenvalue weighted by molar-refractivity contribution is 0.285. The Balaban J connectivity index is 2.11. The number of para-hydroxylation sites is 1. The zero-order chi connectivity index (χ0) is 13.9. The Morgan fingerprint density at radius 3 is 2.58 bits per heavy atom.